The predicted octanol–water partition coefficient (Wildman–Crippen LogP) is 1.65. The van der Waals surface area contributed by atoms with Crippen molar-refractivity contribution in [2.24, 2.45) is 5.92 Å². The topological polar surface area (TPSA) is 18.5 Å². The van der Waals surface area contributed by atoms with Crippen LogP contribution in [-0.2, 0) is 0 Å². The molecule has 2 atom stereocenters. The highest BCUT2D eigenvalue weighted by atomic mass is 15.2. The van der Waals surface area contributed by atoms with Crippen LogP contribution >= 0.6 is 0 Å². The minimum Gasteiger partial charge on any atom is -0.315 e. The third-order valence-corrected chi connectivity index (χ3v) is 3.81. The third kappa shape index (κ3) is 6.39. The normalized spacial score (nSPS) is 26.6. The molecule has 1 aliphatic rings. The van der Waals surface area contributed by atoms with Gasteiger partial charge >= 0.3 is 0 Å². The summed E-state index contributed by atoms with van der Waals surface area (Å²) in [6, 6.07) is 0.780. The molecule has 0 aliphatic carbocycles. The molecule has 3 heteroatoms. The molecule has 0 bridgehead atoms. The number of likely N-dealkylation sites (tertiary alicyclic amines) is 1. The lowest BCUT2D eigenvalue weighted by molar-refractivity contribution is 0.130. The Balaban J connectivity index is 1.99. The minimum atomic E-state index is 0.780. The number of hydrogen-bond donors (Lipinski definition) is 1. The van der Waals surface area contributed by atoms with E-state index in [1.165, 1.54) is 38.9 Å². The second kappa shape index (κ2) is 8.06. The van der Waals surface area contributed by atoms with Crippen LogP contribution in [0.4, 0.5) is 0 Å². The van der Waals surface area contributed by atoms with Gasteiger partial charge in [-0.25, -0.2) is 0 Å². The number of piperidine rings is 1. The van der Waals surface area contributed by atoms with Gasteiger partial charge in [-0.3, -0.25) is 4.90 Å². The van der Waals surface area contributed by atoms with Crippen molar-refractivity contribution in [1.82, 2.24) is 15.1 Å². The van der Waals surface area contributed by atoms with Gasteiger partial charge in [0.2, 0.25) is 0 Å². The Morgan fingerprint density at radius 3 is 2.65 bits per heavy atom. The first-order valence-electron chi connectivity index (χ1n) is 7.19. The average Bonchev–Trinajstić information content (AvgIpc) is 2.25. The van der Waals surface area contributed by atoms with Crippen LogP contribution < -0.4 is 5.32 Å². The Labute approximate surface area is 108 Å². The Morgan fingerprint density at radius 2 is 2.00 bits per heavy atom. The Bertz CT molecular complexity index is 194. The maximum absolute atomic E-state index is 3.55. The Morgan fingerprint density at radius 1 is 1.24 bits per heavy atom. The fourth-order valence-electron chi connectivity index (χ4n) is 2.66. The van der Waals surface area contributed by atoms with Gasteiger partial charge in [0.1, 0.15) is 0 Å². The van der Waals surface area contributed by atoms with Crippen molar-refractivity contribution in [2.45, 2.75) is 39.2 Å². The van der Waals surface area contributed by atoms with Crippen LogP contribution in [0.25, 0.3) is 0 Å². The average molecular weight is 241 g/mol. The van der Waals surface area contributed by atoms with Gasteiger partial charge in [0.25, 0.3) is 0 Å². The molecule has 0 amide bonds. The van der Waals surface area contributed by atoms with E-state index in [-0.39, 0.29) is 0 Å². The van der Waals surface area contributed by atoms with Crippen molar-refractivity contribution in [3.8, 4) is 0 Å². The monoisotopic (exact) mass is 241 g/mol. The quantitative estimate of drug-likeness (QED) is 0.684. The summed E-state index contributed by atoms with van der Waals surface area (Å²) >= 11 is 0. The summed E-state index contributed by atoms with van der Waals surface area (Å²) in [5.74, 6) is 0.925. The molecule has 1 fully saturated rings. The molecule has 0 radical (unpaired) electrons. The van der Waals surface area contributed by atoms with Crippen molar-refractivity contribution in [3.63, 3.8) is 0 Å². The summed E-state index contributed by atoms with van der Waals surface area (Å²) in [7, 11) is 4.27. The molecule has 0 aromatic carbocycles. The number of hydrogen-bond acceptors (Lipinski definition) is 3. The molecular weight excluding hydrogens is 210 g/mol. The third-order valence-electron chi connectivity index (χ3n) is 3.81. The molecule has 1 rings (SSSR count). The number of rotatable bonds is 7. The maximum atomic E-state index is 3.55. The van der Waals surface area contributed by atoms with Crippen molar-refractivity contribution in [1.29, 1.82) is 0 Å². The van der Waals surface area contributed by atoms with Gasteiger partial charge in [0.05, 0.1) is 0 Å². The molecule has 0 aromatic heterocycles. The summed E-state index contributed by atoms with van der Waals surface area (Å²) < 4.78 is 0. The van der Waals surface area contributed by atoms with E-state index < -0.39 is 0 Å². The fraction of sp³-hybridized carbons (Fsp3) is 1.00. The summed E-state index contributed by atoms with van der Waals surface area (Å²) in [4.78, 5) is 4.88. The summed E-state index contributed by atoms with van der Waals surface area (Å²) in [6.07, 6.45) is 4.01. The van der Waals surface area contributed by atoms with Crippen molar-refractivity contribution >= 4 is 0 Å². The zero-order valence-electron chi connectivity index (χ0n) is 12.2. The highest BCUT2D eigenvalue weighted by Crippen LogP contribution is 2.21. The molecule has 0 aromatic rings. The van der Waals surface area contributed by atoms with Gasteiger partial charge in [-0.2, -0.15) is 0 Å². The summed E-state index contributed by atoms with van der Waals surface area (Å²) in [5.41, 5.74) is 0. The second-order valence-corrected chi connectivity index (χ2v) is 5.92. The van der Waals surface area contributed by atoms with Crippen LogP contribution in [0, 0.1) is 5.92 Å². The lowest BCUT2D eigenvalue weighted by Gasteiger charge is -2.36. The van der Waals surface area contributed by atoms with Gasteiger partial charge in [-0.1, -0.05) is 6.92 Å². The molecule has 1 aliphatic heterocycles. The lowest BCUT2D eigenvalue weighted by Crippen LogP contribution is -2.43. The van der Waals surface area contributed by atoms with Crippen LogP contribution in [0.5, 0.6) is 0 Å². The number of nitrogens with one attached hydrogen (secondary N) is 1. The van der Waals surface area contributed by atoms with E-state index in [0.29, 0.717) is 0 Å². The molecule has 102 valence electrons. The fourth-order valence-corrected chi connectivity index (χ4v) is 2.66. The van der Waals surface area contributed by atoms with Crippen molar-refractivity contribution in [3.05, 3.63) is 0 Å². The lowest BCUT2D eigenvalue weighted by atomic mass is 9.93. The van der Waals surface area contributed by atoms with E-state index in [9.17, 15) is 0 Å². The zero-order chi connectivity index (χ0) is 12.7. The molecule has 2 unspecified atom stereocenters. The molecular formula is C14H31N3. The van der Waals surface area contributed by atoms with Crippen LogP contribution in [0.1, 0.15) is 33.1 Å². The number of nitrogens with zero attached hydrogens (tertiary/aromatic N) is 2. The van der Waals surface area contributed by atoms with E-state index in [0.717, 1.165) is 25.0 Å². The van der Waals surface area contributed by atoms with E-state index in [4.69, 9.17) is 0 Å². The Hall–Kier alpha value is -0.120. The standard InChI is InChI=1S/C14H31N3/c1-13-6-10-17(14(2)12-13)11-8-15-7-5-9-16(3)4/h13-15H,5-12H2,1-4H3. The van der Waals surface area contributed by atoms with Gasteiger partial charge in [-0.15, -0.1) is 0 Å². The summed E-state index contributed by atoms with van der Waals surface area (Å²) in [6.45, 7) is 10.8. The van der Waals surface area contributed by atoms with Crippen LogP contribution in [0.2, 0.25) is 0 Å². The van der Waals surface area contributed by atoms with Gasteiger partial charge < -0.3 is 10.2 Å². The molecule has 1 N–H and O–H groups in total. The van der Waals surface area contributed by atoms with E-state index in [1.54, 1.807) is 0 Å². The van der Waals surface area contributed by atoms with Crippen molar-refractivity contribution in [2.75, 3.05) is 46.8 Å². The zero-order valence-corrected chi connectivity index (χ0v) is 12.2. The summed E-state index contributed by atoms with van der Waals surface area (Å²) in [5, 5.41) is 3.55. The smallest absolute Gasteiger partial charge is 0.0110 e. The van der Waals surface area contributed by atoms with Gasteiger partial charge in [-0.05, 0) is 65.8 Å². The Kier molecular flexibility index (Phi) is 7.09. The van der Waals surface area contributed by atoms with E-state index in [1.807, 2.05) is 0 Å². The van der Waals surface area contributed by atoms with Crippen molar-refractivity contribution < 1.29 is 0 Å². The van der Waals surface area contributed by atoms with Gasteiger partial charge in [0.15, 0.2) is 0 Å². The molecule has 0 saturated carbocycles. The second-order valence-electron chi connectivity index (χ2n) is 5.92. The molecule has 1 heterocycles. The van der Waals surface area contributed by atoms with Crippen LogP contribution in [0.15, 0.2) is 0 Å². The van der Waals surface area contributed by atoms with Crippen LogP contribution in [-0.4, -0.2) is 62.7 Å². The first kappa shape index (κ1) is 14.9. The minimum absolute atomic E-state index is 0.780. The van der Waals surface area contributed by atoms with Crippen LogP contribution in [0.3, 0.4) is 0 Å². The maximum Gasteiger partial charge on any atom is 0.0110 e. The first-order valence-corrected chi connectivity index (χ1v) is 7.19. The van der Waals surface area contributed by atoms with Gasteiger partial charge in [0, 0.05) is 19.1 Å². The SMILES string of the molecule is CC1CCN(CCNCCCN(C)C)C(C)C1. The first-order chi connectivity index (χ1) is 8.09. The van der Waals surface area contributed by atoms with E-state index in [2.05, 4.69) is 43.1 Å². The predicted molar refractivity (Wildman–Crippen MR) is 75.5 cm³/mol. The molecule has 3 nitrogen and oxygen atoms in total. The molecule has 17 heavy (non-hydrogen) atoms. The molecule has 0 spiro atoms. The highest BCUT2D eigenvalue weighted by Gasteiger charge is 2.21. The highest BCUT2D eigenvalue weighted by molar-refractivity contribution is 4.77. The largest absolute Gasteiger partial charge is 0.315 e. The molecule has 1 saturated heterocycles. The van der Waals surface area contributed by atoms with E-state index >= 15 is 0 Å².